The smallest absolute Gasteiger partial charge is 0.272 e. The Labute approximate surface area is 118 Å². The van der Waals surface area contributed by atoms with Gasteiger partial charge >= 0.3 is 0 Å². The fourth-order valence-corrected chi connectivity index (χ4v) is 2.43. The van der Waals surface area contributed by atoms with Crippen LogP contribution < -0.4 is 10.6 Å². The number of carbonyl (C=O) groups is 1. The highest BCUT2D eigenvalue weighted by molar-refractivity contribution is 6.03. The summed E-state index contributed by atoms with van der Waals surface area (Å²) in [5.74, 6) is -0.0366. The first-order chi connectivity index (χ1) is 9.79. The number of amides is 1. The van der Waals surface area contributed by atoms with Crippen LogP contribution >= 0.6 is 0 Å². The van der Waals surface area contributed by atoms with E-state index in [9.17, 15) is 4.79 Å². The second kappa shape index (κ2) is 5.51. The van der Waals surface area contributed by atoms with Gasteiger partial charge in [-0.05, 0) is 43.7 Å². The zero-order valence-electron chi connectivity index (χ0n) is 11.6. The Balaban J connectivity index is 1.80. The molecule has 2 aromatic rings. The summed E-state index contributed by atoms with van der Waals surface area (Å²) in [7, 11) is 1.90. The molecule has 3 rings (SSSR count). The van der Waals surface area contributed by atoms with Gasteiger partial charge in [-0.25, -0.2) is 0 Å². The molecule has 1 fully saturated rings. The van der Waals surface area contributed by atoms with Crippen molar-refractivity contribution in [2.45, 2.75) is 25.4 Å². The van der Waals surface area contributed by atoms with Crippen molar-refractivity contribution >= 4 is 11.6 Å². The fourth-order valence-electron chi connectivity index (χ4n) is 2.43. The molecule has 1 saturated carbocycles. The van der Waals surface area contributed by atoms with Gasteiger partial charge in [0.2, 0.25) is 0 Å². The molecule has 0 unspecified atom stereocenters. The summed E-state index contributed by atoms with van der Waals surface area (Å²) < 4.78 is 2.08. The van der Waals surface area contributed by atoms with Crippen LogP contribution in [-0.2, 0) is 6.54 Å². The van der Waals surface area contributed by atoms with Crippen molar-refractivity contribution in [1.29, 1.82) is 0 Å². The second-order valence-electron chi connectivity index (χ2n) is 5.17. The van der Waals surface area contributed by atoms with Gasteiger partial charge in [0.1, 0.15) is 5.69 Å². The molecule has 1 aliphatic rings. The van der Waals surface area contributed by atoms with Crippen LogP contribution in [-0.4, -0.2) is 17.5 Å². The van der Waals surface area contributed by atoms with Crippen molar-refractivity contribution in [2.24, 2.45) is 0 Å². The Bertz CT molecular complexity index is 614. The third kappa shape index (κ3) is 2.60. The van der Waals surface area contributed by atoms with E-state index in [1.54, 1.807) is 0 Å². The minimum Gasteiger partial charge on any atom is -0.340 e. The van der Waals surface area contributed by atoms with Gasteiger partial charge in [-0.15, -0.1) is 0 Å². The molecule has 0 spiro atoms. The molecule has 2 N–H and O–H groups in total. The van der Waals surface area contributed by atoms with E-state index >= 15 is 0 Å². The highest BCUT2D eigenvalue weighted by Gasteiger charge is 2.26. The van der Waals surface area contributed by atoms with Gasteiger partial charge in [-0.2, -0.15) is 0 Å². The van der Waals surface area contributed by atoms with E-state index in [1.807, 2.05) is 49.6 Å². The van der Waals surface area contributed by atoms with Crippen molar-refractivity contribution in [3.8, 4) is 0 Å². The third-order valence-electron chi connectivity index (χ3n) is 3.58. The highest BCUT2D eigenvalue weighted by Crippen LogP contribution is 2.36. The van der Waals surface area contributed by atoms with Gasteiger partial charge < -0.3 is 15.2 Å². The molecule has 1 aromatic carbocycles. The predicted molar refractivity (Wildman–Crippen MR) is 79.9 cm³/mol. The van der Waals surface area contributed by atoms with Crippen molar-refractivity contribution < 1.29 is 4.79 Å². The lowest BCUT2D eigenvalue weighted by Crippen LogP contribution is -2.18. The Morgan fingerprint density at radius 2 is 2.05 bits per heavy atom. The van der Waals surface area contributed by atoms with Gasteiger partial charge in [0.05, 0.1) is 0 Å². The average molecular weight is 269 g/mol. The first-order valence-electron chi connectivity index (χ1n) is 7.00. The molecule has 20 heavy (non-hydrogen) atoms. The number of nitrogens with one attached hydrogen (secondary N) is 2. The molecular formula is C16H19N3O. The molecule has 4 nitrogen and oxygen atoms in total. The molecule has 1 aromatic heterocycles. The van der Waals surface area contributed by atoms with Crippen molar-refractivity contribution in [1.82, 2.24) is 9.88 Å². The van der Waals surface area contributed by atoms with E-state index in [-0.39, 0.29) is 5.91 Å². The van der Waals surface area contributed by atoms with Gasteiger partial charge in [0.25, 0.3) is 5.91 Å². The summed E-state index contributed by atoms with van der Waals surface area (Å²) in [5, 5.41) is 6.14. The number of hydrogen-bond acceptors (Lipinski definition) is 2. The minimum absolute atomic E-state index is 0.0366. The highest BCUT2D eigenvalue weighted by atomic mass is 16.1. The Kier molecular flexibility index (Phi) is 3.56. The number of anilines is 1. The van der Waals surface area contributed by atoms with Gasteiger partial charge in [-0.3, -0.25) is 4.79 Å². The summed E-state index contributed by atoms with van der Waals surface area (Å²) >= 11 is 0. The Hall–Kier alpha value is -2.07. The maximum Gasteiger partial charge on any atom is 0.272 e. The molecule has 104 valence electrons. The molecule has 0 bridgehead atoms. The van der Waals surface area contributed by atoms with Gasteiger partial charge in [0, 0.05) is 24.5 Å². The maximum atomic E-state index is 12.4. The molecule has 0 atom stereocenters. The lowest BCUT2D eigenvalue weighted by molar-refractivity contribution is 0.101. The molecular weight excluding hydrogens is 250 g/mol. The molecule has 0 saturated heterocycles. The largest absolute Gasteiger partial charge is 0.340 e. The van der Waals surface area contributed by atoms with Crippen LogP contribution in [0.15, 0.2) is 42.6 Å². The molecule has 0 radical (unpaired) electrons. The van der Waals surface area contributed by atoms with Crippen molar-refractivity contribution in [3.05, 3.63) is 53.9 Å². The molecule has 1 amide bonds. The number of benzene rings is 1. The lowest BCUT2D eigenvalue weighted by atomic mass is 10.1. The number of carbonyl (C=O) groups excluding carboxylic acids is 1. The summed E-state index contributed by atoms with van der Waals surface area (Å²) in [6.07, 6.45) is 4.34. The van der Waals surface area contributed by atoms with E-state index in [1.165, 1.54) is 12.8 Å². The Morgan fingerprint density at radius 3 is 2.80 bits per heavy atom. The summed E-state index contributed by atoms with van der Waals surface area (Å²) in [5.41, 5.74) is 2.70. The number of para-hydroxylation sites is 1. The molecule has 4 heteroatoms. The van der Waals surface area contributed by atoms with Gasteiger partial charge in [-0.1, -0.05) is 18.2 Å². The van der Waals surface area contributed by atoms with Crippen molar-refractivity contribution in [3.63, 3.8) is 0 Å². The topological polar surface area (TPSA) is 46.1 Å². The van der Waals surface area contributed by atoms with E-state index in [4.69, 9.17) is 0 Å². The standard InChI is InChI=1S/C16H19N3O/c1-17-11-12-5-2-3-6-14(12)18-16(20)15-7-4-10-19(15)13-8-9-13/h2-7,10,13,17H,8-9,11H2,1H3,(H,18,20). The zero-order valence-corrected chi connectivity index (χ0v) is 11.6. The SMILES string of the molecule is CNCc1ccccc1NC(=O)c1cccn1C1CC1. The third-order valence-corrected chi connectivity index (χ3v) is 3.58. The van der Waals surface area contributed by atoms with Crippen LogP contribution in [0, 0.1) is 0 Å². The summed E-state index contributed by atoms with van der Waals surface area (Å²) in [6, 6.07) is 12.2. The zero-order chi connectivity index (χ0) is 13.9. The van der Waals surface area contributed by atoms with Crippen LogP contribution in [0.3, 0.4) is 0 Å². The number of aromatic nitrogens is 1. The number of nitrogens with zero attached hydrogens (tertiary/aromatic N) is 1. The summed E-state index contributed by atoms with van der Waals surface area (Å²) in [6.45, 7) is 0.736. The van der Waals surface area contributed by atoms with Crippen LogP contribution in [0.2, 0.25) is 0 Å². The van der Waals surface area contributed by atoms with Crippen LogP contribution in [0.25, 0.3) is 0 Å². The summed E-state index contributed by atoms with van der Waals surface area (Å²) in [4.78, 5) is 12.4. The van der Waals surface area contributed by atoms with Gasteiger partial charge in [0.15, 0.2) is 0 Å². The van der Waals surface area contributed by atoms with Crippen LogP contribution in [0.5, 0.6) is 0 Å². The molecule has 0 aliphatic heterocycles. The van der Waals surface area contributed by atoms with Crippen LogP contribution in [0.4, 0.5) is 5.69 Å². The van der Waals surface area contributed by atoms with E-state index in [0.717, 1.165) is 23.5 Å². The van der Waals surface area contributed by atoms with E-state index in [2.05, 4.69) is 15.2 Å². The maximum absolute atomic E-state index is 12.4. The minimum atomic E-state index is -0.0366. The monoisotopic (exact) mass is 269 g/mol. The second-order valence-corrected chi connectivity index (χ2v) is 5.17. The van der Waals surface area contributed by atoms with Crippen molar-refractivity contribution in [2.75, 3.05) is 12.4 Å². The van der Waals surface area contributed by atoms with Crippen LogP contribution in [0.1, 0.15) is 34.9 Å². The predicted octanol–water partition coefficient (Wildman–Crippen LogP) is 2.79. The first-order valence-corrected chi connectivity index (χ1v) is 7.00. The molecule has 1 heterocycles. The molecule has 1 aliphatic carbocycles. The quantitative estimate of drug-likeness (QED) is 0.876. The Morgan fingerprint density at radius 1 is 1.25 bits per heavy atom. The average Bonchev–Trinajstić information content (AvgIpc) is 3.18. The number of rotatable bonds is 5. The van der Waals surface area contributed by atoms with E-state index < -0.39 is 0 Å². The fraction of sp³-hybridized carbons (Fsp3) is 0.312. The number of hydrogen-bond donors (Lipinski definition) is 2. The van der Waals surface area contributed by atoms with E-state index in [0.29, 0.717) is 6.04 Å². The lowest BCUT2D eigenvalue weighted by Gasteiger charge is -2.12. The first kappa shape index (κ1) is 12.9. The normalized spacial score (nSPS) is 14.2.